The molecule has 164 valence electrons. The quantitative estimate of drug-likeness (QED) is 0.421. The van der Waals surface area contributed by atoms with Gasteiger partial charge in [0.2, 0.25) is 12.1 Å². The molecule has 2 heterocycles. The maximum atomic E-state index is 12.8. The van der Waals surface area contributed by atoms with E-state index in [1.54, 1.807) is 0 Å². The zero-order valence-electron chi connectivity index (χ0n) is 19.1. The molecule has 0 aliphatic carbocycles. The Kier molecular flexibility index (Phi) is 4.28. The van der Waals surface area contributed by atoms with Gasteiger partial charge in [-0.15, -0.1) is 0 Å². The molecule has 6 rings (SSSR count). The first-order chi connectivity index (χ1) is 15.9. The number of aryl methyl sites for hydroxylation is 1. The molecule has 33 heavy (non-hydrogen) atoms. The molecule has 1 amide bonds. The Morgan fingerprint density at radius 1 is 0.939 bits per heavy atom. The van der Waals surface area contributed by atoms with Gasteiger partial charge in [-0.1, -0.05) is 66.2 Å². The standard InChI is InChI=1S/C29H26N2O2/c1-18-9-13-24-23(15-18)26-22-17-20(16-19-7-5-4-6-8-19)10-11-21(22)12-14-25(26)33-28-29(2,3)27(32)30-31(24)28/h4-15,17,28H,16H2,1-3H3,(H,30,32). The summed E-state index contributed by atoms with van der Waals surface area (Å²) in [7, 11) is 0. The molecule has 4 aromatic carbocycles. The summed E-state index contributed by atoms with van der Waals surface area (Å²) in [5, 5.41) is 4.24. The summed E-state index contributed by atoms with van der Waals surface area (Å²) >= 11 is 0. The van der Waals surface area contributed by atoms with Crippen molar-refractivity contribution in [1.82, 2.24) is 5.43 Å². The second kappa shape index (κ2) is 7.11. The molecular weight excluding hydrogens is 408 g/mol. The molecule has 0 spiro atoms. The number of fused-ring (bicyclic) bond motifs is 7. The Bertz CT molecular complexity index is 1410. The van der Waals surface area contributed by atoms with Gasteiger partial charge in [0.05, 0.1) is 5.69 Å². The SMILES string of the molecule is Cc1ccc2c(c1)-c1c(ccc3ccc(Cc4ccccc4)cc13)OC1N2NC(=O)C1(C)C. The van der Waals surface area contributed by atoms with Gasteiger partial charge in [-0.25, -0.2) is 5.01 Å². The van der Waals surface area contributed by atoms with Crippen LogP contribution >= 0.6 is 0 Å². The zero-order valence-corrected chi connectivity index (χ0v) is 19.1. The van der Waals surface area contributed by atoms with Gasteiger partial charge in [0.25, 0.3) is 0 Å². The van der Waals surface area contributed by atoms with Crippen molar-refractivity contribution in [3.63, 3.8) is 0 Å². The van der Waals surface area contributed by atoms with Crippen molar-refractivity contribution in [2.75, 3.05) is 5.01 Å². The molecule has 4 heteroatoms. The third-order valence-corrected chi connectivity index (χ3v) is 6.88. The Labute approximate surface area is 193 Å². The van der Waals surface area contributed by atoms with Gasteiger partial charge in [0, 0.05) is 11.1 Å². The number of amides is 1. The van der Waals surface area contributed by atoms with E-state index in [0.717, 1.165) is 34.4 Å². The number of carbonyl (C=O) groups excluding carboxylic acids is 1. The van der Waals surface area contributed by atoms with Gasteiger partial charge >= 0.3 is 0 Å². The highest BCUT2D eigenvalue weighted by atomic mass is 16.5. The molecule has 4 aromatic rings. The average Bonchev–Trinajstić information content (AvgIpc) is 2.94. The van der Waals surface area contributed by atoms with Gasteiger partial charge in [0.15, 0.2) is 0 Å². The molecule has 0 aromatic heterocycles. The maximum absolute atomic E-state index is 12.8. The number of hydrazine groups is 1. The summed E-state index contributed by atoms with van der Waals surface area (Å²) < 4.78 is 6.60. The molecule has 2 aliphatic rings. The number of hydrogen-bond donors (Lipinski definition) is 1. The van der Waals surface area contributed by atoms with Gasteiger partial charge in [-0.05, 0) is 67.3 Å². The van der Waals surface area contributed by atoms with E-state index in [0.29, 0.717) is 0 Å². The smallest absolute Gasteiger partial charge is 0.250 e. The molecular formula is C29H26N2O2. The van der Waals surface area contributed by atoms with Crippen LogP contribution in [0.3, 0.4) is 0 Å². The van der Waals surface area contributed by atoms with Crippen LogP contribution in [0, 0.1) is 12.3 Å². The molecule has 2 aliphatic heterocycles. The number of hydrogen-bond acceptors (Lipinski definition) is 3. The number of rotatable bonds is 2. The minimum Gasteiger partial charge on any atom is -0.467 e. The molecule has 1 saturated heterocycles. The first-order valence-corrected chi connectivity index (χ1v) is 11.4. The molecule has 1 fully saturated rings. The third-order valence-electron chi connectivity index (χ3n) is 6.88. The first-order valence-electron chi connectivity index (χ1n) is 11.4. The molecule has 1 N–H and O–H groups in total. The Morgan fingerprint density at radius 2 is 1.73 bits per heavy atom. The predicted octanol–water partition coefficient (Wildman–Crippen LogP) is 6.00. The Balaban J connectivity index is 1.58. The molecule has 4 nitrogen and oxygen atoms in total. The lowest BCUT2D eigenvalue weighted by Crippen LogP contribution is -2.43. The van der Waals surface area contributed by atoms with Gasteiger partial charge < -0.3 is 4.74 Å². The van der Waals surface area contributed by atoms with Crippen molar-refractivity contribution in [2.24, 2.45) is 5.41 Å². The van der Waals surface area contributed by atoms with Crippen LogP contribution < -0.4 is 15.2 Å². The molecule has 0 bridgehead atoms. The Hall–Kier alpha value is -3.79. The van der Waals surface area contributed by atoms with E-state index in [9.17, 15) is 4.79 Å². The Morgan fingerprint density at radius 3 is 2.55 bits per heavy atom. The summed E-state index contributed by atoms with van der Waals surface area (Å²) in [5.41, 5.74) is 9.21. The minimum atomic E-state index is -0.687. The van der Waals surface area contributed by atoms with Crippen molar-refractivity contribution >= 4 is 22.4 Å². The zero-order chi connectivity index (χ0) is 22.7. The molecule has 0 saturated carbocycles. The van der Waals surface area contributed by atoms with E-state index in [1.165, 1.54) is 22.1 Å². The van der Waals surface area contributed by atoms with Crippen LogP contribution in [0.2, 0.25) is 0 Å². The number of nitrogens with one attached hydrogen (secondary N) is 1. The van der Waals surface area contributed by atoms with E-state index in [-0.39, 0.29) is 5.91 Å². The second-order valence-electron chi connectivity index (χ2n) is 9.68. The predicted molar refractivity (Wildman–Crippen MR) is 132 cm³/mol. The number of benzene rings is 4. The van der Waals surface area contributed by atoms with E-state index in [1.807, 2.05) is 31.0 Å². The lowest BCUT2D eigenvalue weighted by atomic mass is 9.91. The van der Waals surface area contributed by atoms with Crippen LogP contribution in [-0.4, -0.2) is 12.1 Å². The van der Waals surface area contributed by atoms with Gasteiger partial charge in [-0.2, -0.15) is 0 Å². The van der Waals surface area contributed by atoms with Crippen molar-refractivity contribution in [1.29, 1.82) is 0 Å². The van der Waals surface area contributed by atoms with Crippen LogP contribution in [0.5, 0.6) is 5.75 Å². The van der Waals surface area contributed by atoms with Crippen LogP contribution in [-0.2, 0) is 11.2 Å². The highest BCUT2D eigenvalue weighted by Crippen LogP contribution is 2.49. The summed E-state index contributed by atoms with van der Waals surface area (Å²) in [4.78, 5) is 12.8. The topological polar surface area (TPSA) is 41.6 Å². The number of anilines is 1. The fourth-order valence-electron chi connectivity index (χ4n) is 4.98. The minimum absolute atomic E-state index is 0.0339. The van der Waals surface area contributed by atoms with Gasteiger partial charge in [0.1, 0.15) is 11.2 Å². The summed E-state index contributed by atoms with van der Waals surface area (Å²) in [6.45, 7) is 5.97. The number of carbonyl (C=O) groups is 1. The second-order valence-corrected chi connectivity index (χ2v) is 9.68. The highest BCUT2D eigenvalue weighted by Gasteiger charge is 2.51. The van der Waals surface area contributed by atoms with E-state index in [4.69, 9.17) is 4.74 Å². The molecule has 1 atom stereocenters. The van der Waals surface area contributed by atoms with Crippen molar-refractivity contribution in [2.45, 2.75) is 33.4 Å². The van der Waals surface area contributed by atoms with Crippen LogP contribution in [0.25, 0.3) is 21.9 Å². The van der Waals surface area contributed by atoms with Crippen molar-refractivity contribution < 1.29 is 9.53 Å². The number of ether oxygens (including phenoxy) is 1. The van der Waals surface area contributed by atoms with Gasteiger partial charge in [-0.3, -0.25) is 10.2 Å². The van der Waals surface area contributed by atoms with Crippen LogP contribution in [0.1, 0.15) is 30.5 Å². The van der Waals surface area contributed by atoms with E-state index < -0.39 is 11.6 Å². The lowest BCUT2D eigenvalue weighted by molar-refractivity contribution is -0.128. The monoisotopic (exact) mass is 434 g/mol. The lowest BCUT2D eigenvalue weighted by Gasteiger charge is -2.29. The number of nitrogens with zero attached hydrogens (tertiary/aromatic N) is 1. The largest absolute Gasteiger partial charge is 0.467 e. The fourth-order valence-corrected chi connectivity index (χ4v) is 4.98. The maximum Gasteiger partial charge on any atom is 0.250 e. The van der Waals surface area contributed by atoms with Crippen LogP contribution in [0.4, 0.5) is 5.69 Å². The van der Waals surface area contributed by atoms with E-state index >= 15 is 0 Å². The normalized spacial score (nSPS) is 18.1. The van der Waals surface area contributed by atoms with Crippen molar-refractivity contribution in [3.05, 3.63) is 95.6 Å². The summed E-state index contributed by atoms with van der Waals surface area (Å²) in [6.07, 6.45) is 0.442. The van der Waals surface area contributed by atoms with E-state index in [2.05, 4.69) is 79.1 Å². The summed E-state index contributed by atoms with van der Waals surface area (Å²) in [5.74, 6) is 0.775. The first kappa shape index (κ1) is 19.9. The van der Waals surface area contributed by atoms with Crippen LogP contribution in [0.15, 0.2) is 78.9 Å². The average molecular weight is 435 g/mol. The summed E-state index contributed by atoms with van der Waals surface area (Å²) in [6, 6.07) is 27.8. The fraction of sp³-hybridized carbons (Fsp3) is 0.207. The van der Waals surface area contributed by atoms with Crippen molar-refractivity contribution in [3.8, 4) is 16.9 Å². The molecule has 1 unspecified atom stereocenters. The third kappa shape index (κ3) is 3.09. The highest BCUT2D eigenvalue weighted by molar-refractivity contribution is 6.04. The molecule has 0 radical (unpaired) electrons.